The van der Waals surface area contributed by atoms with Crippen LogP contribution in [0.1, 0.15) is 12.5 Å². The molecule has 0 N–H and O–H groups in total. The van der Waals surface area contributed by atoms with E-state index in [9.17, 15) is 13.2 Å². The van der Waals surface area contributed by atoms with Crippen molar-refractivity contribution in [1.29, 1.82) is 0 Å². The van der Waals surface area contributed by atoms with Crippen molar-refractivity contribution in [3.8, 4) is 5.75 Å². The van der Waals surface area contributed by atoms with Crippen molar-refractivity contribution in [2.24, 2.45) is 12.0 Å². The van der Waals surface area contributed by atoms with Crippen LogP contribution in [0.15, 0.2) is 52.4 Å². The Labute approximate surface area is 161 Å². The molecule has 3 rings (SSSR count). The molecule has 1 aromatic heterocycles. The number of para-hydroxylation sites is 1. The molecule has 0 aliphatic carbocycles. The van der Waals surface area contributed by atoms with E-state index in [2.05, 4.69) is 4.99 Å². The Morgan fingerprint density at radius 2 is 1.89 bits per heavy atom. The second-order valence-electron chi connectivity index (χ2n) is 6.06. The normalized spacial score (nSPS) is 12.5. The van der Waals surface area contributed by atoms with E-state index in [0.717, 1.165) is 15.8 Å². The molecule has 8 heteroatoms. The van der Waals surface area contributed by atoms with Crippen molar-refractivity contribution >= 4 is 37.3 Å². The van der Waals surface area contributed by atoms with E-state index in [1.54, 1.807) is 23.7 Å². The molecule has 3 aromatic rings. The number of nitrogens with zero attached hydrogens (tertiary/aromatic N) is 2. The third-order valence-electron chi connectivity index (χ3n) is 4.00. The molecule has 0 spiro atoms. The number of fused-ring (bicyclic) bond motifs is 1. The van der Waals surface area contributed by atoms with Crippen molar-refractivity contribution in [3.05, 3.63) is 52.8 Å². The van der Waals surface area contributed by atoms with Gasteiger partial charge in [-0.2, -0.15) is 4.99 Å². The topological polar surface area (TPSA) is 77.7 Å². The summed E-state index contributed by atoms with van der Waals surface area (Å²) in [5.41, 5.74) is 1.78. The molecule has 0 aliphatic heterocycles. The van der Waals surface area contributed by atoms with Gasteiger partial charge in [0.1, 0.15) is 17.0 Å². The van der Waals surface area contributed by atoms with Gasteiger partial charge in [-0.05, 0) is 38.1 Å². The summed E-state index contributed by atoms with van der Waals surface area (Å²) in [5.74, 6) is -0.659. The SMILES string of the molecule is CCOc1cccc2sc(=NC(=O)CS(=O)(=O)c3ccc(C)cc3)n(C)c12. The lowest BCUT2D eigenvalue weighted by atomic mass is 10.2. The summed E-state index contributed by atoms with van der Waals surface area (Å²) in [4.78, 5) is 16.9. The minimum absolute atomic E-state index is 0.121. The highest BCUT2D eigenvalue weighted by molar-refractivity contribution is 7.92. The maximum absolute atomic E-state index is 12.4. The number of benzene rings is 2. The predicted molar refractivity (Wildman–Crippen MR) is 106 cm³/mol. The van der Waals surface area contributed by atoms with Gasteiger partial charge >= 0.3 is 0 Å². The molecule has 142 valence electrons. The summed E-state index contributed by atoms with van der Waals surface area (Å²) < 4.78 is 33.2. The first-order chi connectivity index (χ1) is 12.8. The molecule has 2 aromatic carbocycles. The Bertz CT molecular complexity index is 1160. The van der Waals surface area contributed by atoms with Crippen LogP contribution in [0, 0.1) is 6.92 Å². The summed E-state index contributed by atoms with van der Waals surface area (Å²) in [7, 11) is -1.95. The number of ether oxygens (including phenoxy) is 1. The first kappa shape index (κ1) is 19.3. The largest absolute Gasteiger partial charge is 0.492 e. The number of sulfone groups is 1. The van der Waals surface area contributed by atoms with Gasteiger partial charge in [-0.1, -0.05) is 35.1 Å². The predicted octanol–water partition coefficient (Wildman–Crippen LogP) is 2.85. The number of carbonyl (C=O) groups is 1. The number of hydrogen-bond acceptors (Lipinski definition) is 5. The highest BCUT2D eigenvalue weighted by Gasteiger charge is 2.19. The van der Waals surface area contributed by atoms with Crippen LogP contribution >= 0.6 is 11.3 Å². The number of rotatable bonds is 5. The molecule has 0 radical (unpaired) electrons. The summed E-state index contributed by atoms with van der Waals surface area (Å²) in [6.45, 7) is 4.29. The van der Waals surface area contributed by atoms with Crippen LogP contribution in [-0.2, 0) is 21.7 Å². The maximum Gasteiger partial charge on any atom is 0.263 e. The monoisotopic (exact) mass is 404 g/mol. The molecule has 0 saturated heterocycles. The van der Waals surface area contributed by atoms with Gasteiger partial charge < -0.3 is 9.30 Å². The van der Waals surface area contributed by atoms with Gasteiger partial charge in [-0.25, -0.2) is 8.42 Å². The third kappa shape index (κ3) is 4.12. The molecule has 0 bridgehead atoms. The maximum atomic E-state index is 12.4. The number of thiazole rings is 1. The molecule has 0 atom stereocenters. The lowest BCUT2D eigenvalue weighted by Gasteiger charge is -2.05. The van der Waals surface area contributed by atoms with E-state index in [1.807, 2.05) is 32.0 Å². The Morgan fingerprint density at radius 1 is 1.19 bits per heavy atom. The molecule has 1 amide bonds. The smallest absolute Gasteiger partial charge is 0.263 e. The first-order valence-corrected chi connectivity index (χ1v) is 10.9. The molecule has 0 saturated carbocycles. The molecule has 0 unspecified atom stereocenters. The van der Waals surface area contributed by atoms with Gasteiger partial charge in [0.05, 0.1) is 16.2 Å². The Kier molecular flexibility index (Phi) is 5.48. The second-order valence-corrected chi connectivity index (χ2v) is 9.06. The highest BCUT2D eigenvalue weighted by atomic mass is 32.2. The molecule has 6 nitrogen and oxygen atoms in total. The van der Waals surface area contributed by atoms with Gasteiger partial charge in [-0.15, -0.1) is 0 Å². The van der Waals surface area contributed by atoms with Crippen LogP contribution in [0.4, 0.5) is 0 Å². The molecular weight excluding hydrogens is 384 g/mol. The fourth-order valence-corrected chi connectivity index (χ4v) is 4.84. The van der Waals surface area contributed by atoms with Crippen LogP contribution in [0.2, 0.25) is 0 Å². The average molecular weight is 405 g/mol. The van der Waals surface area contributed by atoms with Crippen molar-refractivity contribution < 1.29 is 17.9 Å². The van der Waals surface area contributed by atoms with E-state index < -0.39 is 21.5 Å². The van der Waals surface area contributed by atoms with Crippen LogP contribution in [0.25, 0.3) is 10.2 Å². The van der Waals surface area contributed by atoms with E-state index in [4.69, 9.17) is 4.74 Å². The lowest BCUT2D eigenvalue weighted by Crippen LogP contribution is -2.19. The first-order valence-electron chi connectivity index (χ1n) is 8.40. The van der Waals surface area contributed by atoms with Gasteiger partial charge in [0.2, 0.25) is 0 Å². The van der Waals surface area contributed by atoms with E-state index in [0.29, 0.717) is 17.2 Å². The minimum Gasteiger partial charge on any atom is -0.492 e. The molecule has 1 heterocycles. The lowest BCUT2D eigenvalue weighted by molar-refractivity contribution is -0.115. The summed E-state index contributed by atoms with van der Waals surface area (Å²) >= 11 is 1.32. The van der Waals surface area contributed by atoms with Crippen LogP contribution < -0.4 is 9.54 Å². The number of carbonyl (C=O) groups excluding carboxylic acids is 1. The van der Waals surface area contributed by atoms with Gasteiger partial charge in [0.25, 0.3) is 5.91 Å². The second kappa shape index (κ2) is 7.66. The zero-order valence-corrected chi connectivity index (χ0v) is 16.9. The molecular formula is C19H20N2O4S2. The summed E-state index contributed by atoms with van der Waals surface area (Å²) in [5, 5.41) is 0. The minimum atomic E-state index is -3.73. The third-order valence-corrected chi connectivity index (χ3v) is 6.71. The van der Waals surface area contributed by atoms with Crippen LogP contribution in [0.3, 0.4) is 0 Å². The Hall–Kier alpha value is -2.45. The summed E-state index contributed by atoms with van der Waals surface area (Å²) in [6, 6.07) is 12.1. The van der Waals surface area contributed by atoms with Gasteiger partial charge in [0, 0.05) is 7.05 Å². The Balaban J connectivity index is 1.94. The zero-order valence-electron chi connectivity index (χ0n) is 15.3. The van der Waals surface area contributed by atoms with Crippen molar-refractivity contribution in [1.82, 2.24) is 4.57 Å². The number of hydrogen-bond donors (Lipinski definition) is 0. The molecule has 27 heavy (non-hydrogen) atoms. The quantitative estimate of drug-likeness (QED) is 0.655. The van der Waals surface area contributed by atoms with Crippen LogP contribution in [0.5, 0.6) is 5.75 Å². The summed E-state index contributed by atoms with van der Waals surface area (Å²) in [6.07, 6.45) is 0. The van der Waals surface area contributed by atoms with Crippen LogP contribution in [-0.4, -0.2) is 31.3 Å². The fourth-order valence-electron chi connectivity index (χ4n) is 2.68. The average Bonchev–Trinajstić information content (AvgIpc) is 2.92. The van der Waals surface area contributed by atoms with Gasteiger partial charge in [0.15, 0.2) is 14.6 Å². The number of aromatic nitrogens is 1. The molecule has 0 aliphatic rings. The van der Waals surface area contributed by atoms with Crippen molar-refractivity contribution in [3.63, 3.8) is 0 Å². The standard InChI is InChI=1S/C19H20N2O4S2/c1-4-25-15-6-5-7-16-18(15)21(3)19(26-16)20-17(22)12-27(23,24)14-10-8-13(2)9-11-14/h5-11H,4,12H2,1-3H3. The van der Waals surface area contributed by atoms with Gasteiger partial charge in [-0.3, -0.25) is 4.79 Å². The van der Waals surface area contributed by atoms with E-state index >= 15 is 0 Å². The highest BCUT2D eigenvalue weighted by Crippen LogP contribution is 2.26. The van der Waals surface area contributed by atoms with Crippen molar-refractivity contribution in [2.75, 3.05) is 12.4 Å². The number of amides is 1. The molecule has 0 fully saturated rings. The fraction of sp³-hybridized carbons (Fsp3) is 0.263. The Morgan fingerprint density at radius 3 is 2.56 bits per heavy atom. The van der Waals surface area contributed by atoms with Crippen molar-refractivity contribution in [2.45, 2.75) is 18.7 Å². The zero-order chi connectivity index (χ0) is 19.6. The van der Waals surface area contributed by atoms with E-state index in [1.165, 1.54) is 23.5 Å². The number of aryl methyl sites for hydroxylation is 2. The van der Waals surface area contributed by atoms with E-state index in [-0.39, 0.29) is 4.90 Å².